The Labute approximate surface area is 182 Å². The number of ether oxygens (including phenoxy) is 2. The third-order valence-corrected chi connectivity index (χ3v) is 4.94. The zero-order valence-electron chi connectivity index (χ0n) is 17.4. The third-order valence-electron chi connectivity index (χ3n) is 4.94. The fraction of sp³-hybridized carbons (Fsp3) is 0.318. The monoisotopic (exact) mass is 450 g/mol. The summed E-state index contributed by atoms with van der Waals surface area (Å²) < 4.78 is 49.3. The largest absolute Gasteiger partial charge is 0.495 e. The maximum atomic E-state index is 12.9. The molecule has 1 unspecified atom stereocenters. The average Bonchev–Trinajstić information content (AvgIpc) is 3.14. The van der Waals surface area contributed by atoms with Crippen LogP contribution in [0.4, 0.5) is 18.9 Å². The Bertz CT molecular complexity index is 1040. The lowest BCUT2D eigenvalue weighted by atomic mass is 10.1. The molecule has 3 rings (SSSR count). The summed E-state index contributed by atoms with van der Waals surface area (Å²) in [5, 5.41) is 2.66. The van der Waals surface area contributed by atoms with Crippen LogP contribution in [0, 0.1) is 0 Å². The van der Waals surface area contributed by atoms with Gasteiger partial charge in [-0.3, -0.25) is 19.3 Å². The van der Waals surface area contributed by atoms with Gasteiger partial charge in [-0.1, -0.05) is 12.1 Å². The number of rotatable bonds is 6. The molecule has 0 aliphatic carbocycles. The van der Waals surface area contributed by atoms with Crippen molar-refractivity contribution in [1.82, 2.24) is 4.90 Å². The van der Waals surface area contributed by atoms with Crippen LogP contribution in [-0.4, -0.2) is 35.8 Å². The molecule has 1 N–H and O–H groups in total. The molecule has 1 fully saturated rings. The maximum Gasteiger partial charge on any atom is 0.416 e. The van der Waals surface area contributed by atoms with Crippen molar-refractivity contribution in [2.75, 3.05) is 12.4 Å². The lowest BCUT2D eigenvalue weighted by Gasteiger charge is -2.21. The summed E-state index contributed by atoms with van der Waals surface area (Å²) >= 11 is 0. The number of hydrogen-bond acceptors (Lipinski definition) is 5. The molecule has 3 amide bonds. The molecule has 170 valence electrons. The summed E-state index contributed by atoms with van der Waals surface area (Å²) in [6.45, 7) is 1.16. The van der Waals surface area contributed by atoms with E-state index in [9.17, 15) is 27.6 Å². The molecule has 0 radical (unpaired) electrons. The van der Waals surface area contributed by atoms with Crippen molar-refractivity contribution in [2.24, 2.45) is 0 Å². The van der Waals surface area contributed by atoms with Gasteiger partial charge in [0.05, 0.1) is 18.4 Å². The van der Waals surface area contributed by atoms with E-state index in [1.54, 1.807) is 18.2 Å². The van der Waals surface area contributed by atoms with Crippen molar-refractivity contribution in [3.05, 3.63) is 53.6 Å². The second-order valence-corrected chi connectivity index (χ2v) is 7.18. The maximum absolute atomic E-state index is 12.9. The van der Waals surface area contributed by atoms with Crippen LogP contribution in [0.3, 0.4) is 0 Å². The minimum Gasteiger partial charge on any atom is -0.495 e. The fourth-order valence-electron chi connectivity index (χ4n) is 3.41. The van der Waals surface area contributed by atoms with Crippen molar-refractivity contribution in [3.8, 4) is 11.5 Å². The van der Waals surface area contributed by atoms with Crippen molar-refractivity contribution >= 4 is 23.4 Å². The topological polar surface area (TPSA) is 84.9 Å². The van der Waals surface area contributed by atoms with Crippen LogP contribution >= 0.6 is 0 Å². The first kappa shape index (κ1) is 23.1. The molecule has 0 spiro atoms. The van der Waals surface area contributed by atoms with Gasteiger partial charge in [0.2, 0.25) is 17.7 Å². The number of halogens is 3. The fourth-order valence-corrected chi connectivity index (χ4v) is 3.41. The number of methoxy groups -OCH3 is 1. The molecule has 1 aliphatic rings. The van der Waals surface area contributed by atoms with E-state index in [0.29, 0.717) is 11.3 Å². The Morgan fingerprint density at radius 1 is 1.19 bits per heavy atom. The molecule has 2 aromatic rings. The van der Waals surface area contributed by atoms with E-state index >= 15 is 0 Å². The summed E-state index contributed by atoms with van der Waals surface area (Å²) in [6, 6.07) is 8.36. The Balaban J connectivity index is 1.74. The highest BCUT2D eigenvalue weighted by molar-refractivity contribution is 6.06. The van der Waals surface area contributed by atoms with Gasteiger partial charge in [-0.05, 0) is 42.3 Å². The number of anilines is 1. The van der Waals surface area contributed by atoms with E-state index in [0.717, 1.165) is 17.0 Å². The molecule has 1 heterocycles. The van der Waals surface area contributed by atoms with Crippen LogP contribution < -0.4 is 14.8 Å². The number of imide groups is 1. The van der Waals surface area contributed by atoms with Gasteiger partial charge in [0, 0.05) is 13.3 Å². The van der Waals surface area contributed by atoms with E-state index in [1.165, 1.54) is 26.2 Å². The minimum absolute atomic E-state index is 0.0443. The second kappa shape index (κ2) is 9.29. The van der Waals surface area contributed by atoms with Gasteiger partial charge >= 0.3 is 6.18 Å². The Kier molecular flexibility index (Phi) is 6.71. The Hall–Kier alpha value is -3.56. The van der Waals surface area contributed by atoms with Gasteiger partial charge in [0.25, 0.3) is 0 Å². The molecule has 10 heteroatoms. The van der Waals surface area contributed by atoms with Crippen molar-refractivity contribution in [3.63, 3.8) is 0 Å². The minimum atomic E-state index is -4.48. The molecule has 0 bridgehead atoms. The molecular formula is C22H21F3N2O5. The number of hydrogen-bond donors (Lipinski definition) is 1. The highest BCUT2D eigenvalue weighted by Gasteiger charge is 2.38. The molecule has 7 nitrogen and oxygen atoms in total. The lowest BCUT2D eigenvalue weighted by Crippen LogP contribution is -2.44. The molecule has 1 aliphatic heterocycles. The van der Waals surface area contributed by atoms with Crippen molar-refractivity contribution < 1.29 is 37.0 Å². The van der Waals surface area contributed by atoms with E-state index in [2.05, 4.69) is 5.32 Å². The summed E-state index contributed by atoms with van der Waals surface area (Å²) in [4.78, 5) is 37.2. The van der Waals surface area contributed by atoms with Crippen molar-refractivity contribution in [2.45, 2.75) is 38.6 Å². The van der Waals surface area contributed by atoms with Gasteiger partial charge < -0.3 is 14.8 Å². The van der Waals surface area contributed by atoms with Gasteiger partial charge in [-0.25, -0.2) is 0 Å². The molecule has 32 heavy (non-hydrogen) atoms. The standard InChI is InChI=1S/C22H21F3N2O5/c1-13(28)27-18(7-9-20(27)29)21(30)26-17-10-14(6-8-19(17)31-2)12-32-16-5-3-4-15(11-16)22(23,24)25/h3-6,8,10-11,18H,7,9,12H2,1-2H3,(H,26,30). The Morgan fingerprint density at radius 2 is 1.94 bits per heavy atom. The van der Waals surface area contributed by atoms with Gasteiger partial charge in [0.15, 0.2) is 0 Å². The molecule has 0 aromatic heterocycles. The quantitative estimate of drug-likeness (QED) is 0.724. The van der Waals surface area contributed by atoms with E-state index in [4.69, 9.17) is 9.47 Å². The number of nitrogens with one attached hydrogen (secondary N) is 1. The number of alkyl halides is 3. The number of carbonyl (C=O) groups is 3. The second-order valence-electron chi connectivity index (χ2n) is 7.18. The zero-order chi connectivity index (χ0) is 23.5. The highest BCUT2D eigenvalue weighted by atomic mass is 19.4. The Morgan fingerprint density at radius 3 is 2.59 bits per heavy atom. The predicted molar refractivity (Wildman–Crippen MR) is 108 cm³/mol. The van der Waals surface area contributed by atoms with Crippen LogP contribution in [0.2, 0.25) is 0 Å². The molecule has 1 atom stereocenters. The van der Waals surface area contributed by atoms with Gasteiger partial charge in [-0.2, -0.15) is 13.2 Å². The predicted octanol–water partition coefficient (Wildman–Crippen LogP) is 3.77. The number of carbonyl (C=O) groups excluding carboxylic acids is 3. The molecule has 1 saturated heterocycles. The summed E-state index contributed by atoms with van der Waals surface area (Å²) in [5.41, 5.74) is 0.0220. The van der Waals surface area contributed by atoms with Crippen LogP contribution in [0.25, 0.3) is 0 Å². The van der Waals surface area contributed by atoms with Crippen LogP contribution in [0.1, 0.15) is 30.9 Å². The molecule has 0 saturated carbocycles. The number of nitrogens with zero attached hydrogens (tertiary/aromatic N) is 1. The van der Waals surface area contributed by atoms with Crippen molar-refractivity contribution in [1.29, 1.82) is 0 Å². The summed E-state index contributed by atoms with van der Waals surface area (Å²) in [5.74, 6) is -1.08. The van der Waals surface area contributed by atoms with Gasteiger partial charge in [0.1, 0.15) is 24.1 Å². The summed E-state index contributed by atoms with van der Waals surface area (Å²) in [7, 11) is 1.41. The summed E-state index contributed by atoms with van der Waals surface area (Å²) in [6.07, 6.45) is -4.17. The molecule has 2 aromatic carbocycles. The molecular weight excluding hydrogens is 429 g/mol. The SMILES string of the molecule is COc1ccc(COc2cccc(C(F)(F)F)c2)cc1NC(=O)C1CCC(=O)N1C(C)=O. The van der Waals surface area contributed by atoms with E-state index < -0.39 is 35.5 Å². The lowest BCUT2D eigenvalue weighted by molar-refractivity contribution is -0.145. The van der Waals surface area contributed by atoms with E-state index in [1.807, 2.05) is 0 Å². The highest BCUT2D eigenvalue weighted by Crippen LogP contribution is 2.32. The first-order valence-electron chi connectivity index (χ1n) is 9.70. The normalized spacial score (nSPS) is 16.1. The number of benzene rings is 2. The van der Waals surface area contributed by atoms with Crippen LogP contribution in [0.15, 0.2) is 42.5 Å². The first-order chi connectivity index (χ1) is 15.1. The first-order valence-corrected chi connectivity index (χ1v) is 9.70. The third kappa shape index (κ3) is 5.19. The van der Waals surface area contributed by atoms with Crippen LogP contribution in [0.5, 0.6) is 11.5 Å². The zero-order valence-corrected chi connectivity index (χ0v) is 17.4. The smallest absolute Gasteiger partial charge is 0.416 e. The number of amides is 3. The van der Waals surface area contributed by atoms with E-state index in [-0.39, 0.29) is 30.9 Å². The number of likely N-dealkylation sites (tertiary alicyclic amines) is 1. The van der Waals surface area contributed by atoms with Crippen LogP contribution in [-0.2, 0) is 27.2 Å². The van der Waals surface area contributed by atoms with Gasteiger partial charge in [-0.15, -0.1) is 0 Å². The average molecular weight is 450 g/mol.